The molecule has 46 heavy (non-hydrogen) atoms. The summed E-state index contributed by atoms with van der Waals surface area (Å²) in [4.78, 5) is 30.4. The predicted octanol–water partition coefficient (Wildman–Crippen LogP) is 8.81. The number of nitrogens with zero attached hydrogens (tertiary/aromatic N) is 2. The first-order chi connectivity index (χ1) is 21.4. The van der Waals surface area contributed by atoms with Crippen LogP contribution in [-0.2, 0) is 27.2 Å². The third kappa shape index (κ3) is 9.95. The number of rotatable bonds is 8. The highest BCUT2D eigenvalue weighted by atomic mass is 19.1. The van der Waals surface area contributed by atoms with Gasteiger partial charge in [0.15, 0.2) is 0 Å². The molecule has 0 aliphatic carbocycles. The molecule has 4 aromatic rings. The summed E-state index contributed by atoms with van der Waals surface area (Å²) in [7, 11) is 0. The van der Waals surface area contributed by atoms with E-state index in [0.29, 0.717) is 44.5 Å². The van der Waals surface area contributed by atoms with E-state index in [1.807, 2.05) is 27.7 Å². The number of hydrogen-bond acceptors (Lipinski definition) is 5. The Kier molecular flexibility index (Phi) is 11.8. The lowest BCUT2D eigenvalue weighted by molar-refractivity contribution is -0.154. The third-order valence-corrected chi connectivity index (χ3v) is 6.89. The minimum Gasteiger partial charge on any atom is -0.481 e. The van der Waals surface area contributed by atoms with Crippen LogP contribution < -0.4 is 0 Å². The topological polar surface area (TPSA) is 89.4 Å². The fourth-order valence-corrected chi connectivity index (χ4v) is 5.07. The summed E-state index contributed by atoms with van der Waals surface area (Å²) < 4.78 is 60.2. The van der Waals surface area contributed by atoms with E-state index in [9.17, 15) is 27.2 Å². The van der Waals surface area contributed by atoms with Crippen molar-refractivity contribution in [2.75, 3.05) is 0 Å². The lowest BCUT2D eigenvalue weighted by Gasteiger charge is -2.22. The van der Waals surface area contributed by atoms with Crippen molar-refractivity contribution in [2.24, 2.45) is 0 Å². The van der Waals surface area contributed by atoms with Gasteiger partial charge >= 0.3 is 11.9 Å². The first-order valence-corrected chi connectivity index (χ1v) is 14.8. The Labute approximate surface area is 266 Å². The number of aliphatic carboxylic acids is 1. The normalized spacial score (nSPS) is 11.3. The molecule has 0 atom stereocenters. The Hall–Kier alpha value is -4.60. The second kappa shape index (κ2) is 15.1. The highest BCUT2D eigenvalue weighted by Gasteiger charge is 2.22. The molecular formula is C36H38F4N2O4. The summed E-state index contributed by atoms with van der Waals surface area (Å²) in [5.74, 6) is -3.71. The van der Waals surface area contributed by atoms with Crippen molar-refractivity contribution in [1.82, 2.24) is 9.97 Å². The summed E-state index contributed by atoms with van der Waals surface area (Å²) in [6.45, 7) is 12.9. The van der Waals surface area contributed by atoms with E-state index >= 15 is 0 Å². The van der Waals surface area contributed by atoms with E-state index in [2.05, 4.69) is 9.97 Å². The van der Waals surface area contributed by atoms with Crippen LogP contribution in [0.4, 0.5) is 17.6 Å². The Balaban J connectivity index is 0.000000254. The fraction of sp³-hybridized carbons (Fsp3) is 0.333. The van der Waals surface area contributed by atoms with E-state index in [1.165, 1.54) is 54.9 Å². The van der Waals surface area contributed by atoms with Crippen molar-refractivity contribution < 1.29 is 37.0 Å². The Morgan fingerprint density at radius 2 is 1.13 bits per heavy atom. The molecule has 0 unspecified atom stereocenters. The van der Waals surface area contributed by atoms with Gasteiger partial charge in [0.05, 0.1) is 12.8 Å². The van der Waals surface area contributed by atoms with Crippen molar-refractivity contribution in [2.45, 2.75) is 78.7 Å². The molecule has 0 spiro atoms. The first kappa shape index (κ1) is 35.9. The molecule has 6 nitrogen and oxygen atoms in total. The number of hydrogen-bond donors (Lipinski definition) is 1. The van der Waals surface area contributed by atoms with Crippen LogP contribution in [0.5, 0.6) is 0 Å². The number of esters is 1. The zero-order valence-electron chi connectivity index (χ0n) is 26.9. The number of halogens is 4. The lowest BCUT2D eigenvalue weighted by Crippen LogP contribution is -2.25. The number of carbonyl (C=O) groups is 2. The average molecular weight is 639 g/mol. The fourth-order valence-electron chi connectivity index (χ4n) is 5.07. The monoisotopic (exact) mass is 638 g/mol. The minimum absolute atomic E-state index is 0.00132. The standard InChI is InChI=1S/C20H23F2NO2.C16H15F2NO2/c1-12(2)15-9-14(21)10-16(13-6-7-23-18(22)8-13)17(15)11-19(24)25-20(3,4)5;1-9(2)12-6-11(17)7-13(14(12)8-16(20)21)10-3-4-19-15(18)5-10/h6-10,12H,11H2,1-5H3;3-7,9H,8H2,1-2H3,(H,20,21). The van der Waals surface area contributed by atoms with E-state index in [-0.39, 0.29) is 24.7 Å². The highest BCUT2D eigenvalue weighted by molar-refractivity contribution is 5.80. The summed E-state index contributed by atoms with van der Waals surface area (Å²) >= 11 is 0. The largest absolute Gasteiger partial charge is 0.481 e. The molecule has 4 rings (SSSR count). The van der Waals surface area contributed by atoms with Crippen LogP contribution in [0.3, 0.4) is 0 Å². The van der Waals surface area contributed by atoms with Gasteiger partial charge in [0, 0.05) is 24.5 Å². The molecule has 0 bridgehead atoms. The van der Waals surface area contributed by atoms with Crippen LogP contribution in [0.2, 0.25) is 0 Å². The number of pyridine rings is 2. The summed E-state index contributed by atoms with van der Waals surface area (Å²) in [5.41, 5.74) is 3.63. The quantitative estimate of drug-likeness (QED) is 0.118. The number of carboxylic acids is 1. The molecule has 0 amide bonds. The van der Waals surface area contributed by atoms with E-state index in [0.717, 1.165) is 0 Å². The van der Waals surface area contributed by atoms with Crippen LogP contribution in [0.1, 0.15) is 82.6 Å². The first-order valence-electron chi connectivity index (χ1n) is 14.8. The van der Waals surface area contributed by atoms with Crippen molar-refractivity contribution in [1.29, 1.82) is 0 Å². The smallest absolute Gasteiger partial charge is 0.310 e. The number of benzene rings is 2. The number of carboxylic acid groups (broad SMARTS) is 1. The molecule has 0 saturated carbocycles. The molecule has 0 aliphatic heterocycles. The SMILES string of the molecule is CC(C)c1cc(F)cc(-c2ccnc(F)c2)c1CC(=O)O.CC(C)c1cc(F)cc(-c2ccnc(F)c2)c1CC(=O)OC(C)(C)C. The van der Waals surface area contributed by atoms with Crippen LogP contribution in [0.15, 0.2) is 60.9 Å². The second-order valence-electron chi connectivity index (χ2n) is 12.4. The van der Waals surface area contributed by atoms with Crippen LogP contribution in [0.25, 0.3) is 22.3 Å². The van der Waals surface area contributed by atoms with Crippen molar-refractivity contribution in [3.8, 4) is 22.3 Å². The molecule has 0 saturated heterocycles. The third-order valence-electron chi connectivity index (χ3n) is 6.89. The molecule has 0 aliphatic rings. The van der Waals surface area contributed by atoms with Crippen molar-refractivity contribution in [3.05, 3.63) is 107 Å². The number of ether oxygens (including phenoxy) is 1. The maximum Gasteiger partial charge on any atom is 0.310 e. The molecule has 0 fully saturated rings. The van der Waals surface area contributed by atoms with Gasteiger partial charge in [0.1, 0.15) is 17.2 Å². The molecule has 244 valence electrons. The van der Waals surface area contributed by atoms with Gasteiger partial charge in [-0.25, -0.2) is 18.7 Å². The molecule has 2 aromatic carbocycles. The molecule has 2 aromatic heterocycles. The summed E-state index contributed by atoms with van der Waals surface area (Å²) in [6.07, 6.45) is 2.34. The summed E-state index contributed by atoms with van der Waals surface area (Å²) in [6, 6.07) is 10.9. The maximum atomic E-state index is 14.1. The zero-order valence-corrected chi connectivity index (χ0v) is 26.9. The van der Waals surface area contributed by atoms with Gasteiger partial charge in [-0.05, 0) is 114 Å². The van der Waals surface area contributed by atoms with Gasteiger partial charge in [-0.2, -0.15) is 8.78 Å². The van der Waals surface area contributed by atoms with Crippen molar-refractivity contribution in [3.63, 3.8) is 0 Å². The molecule has 10 heteroatoms. The maximum absolute atomic E-state index is 14.1. The second-order valence-corrected chi connectivity index (χ2v) is 12.4. The highest BCUT2D eigenvalue weighted by Crippen LogP contribution is 2.34. The Morgan fingerprint density at radius 1 is 0.717 bits per heavy atom. The van der Waals surface area contributed by atoms with Crippen molar-refractivity contribution >= 4 is 11.9 Å². The van der Waals surface area contributed by atoms with Crippen LogP contribution in [0, 0.1) is 23.5 Å². The van der Waals surface area contributed by atoms with Crippen LogP contribution >= 0.6 is 0 Å². The molecule has 2 heterocycles. The zero-order chi connectivity index (χ0) is 34.3. The minimum atomic E-state index is -1.01. The molecule has 1 N–H and O–H groups in total. The van der Waals surface area contributed by atoms with E-state index in [4.69, 9.17) is 9.84 Å². The molecule has 0 radical (unpaired) electrons. The van der Waals surface area contributed by atoms with Gasteiger partial charge in [-0.3, -0.25) is 9.59 Å². The predicted molar refractivity (Wildman–Crippen MR) is 168 cm³/mol. The van der Waals surface area contributed by atoms with Gasteiger partial charge in [-0.15, -0.1) is 0 Å². The summed E-state index contributed by atoms with van der Waals surface area (Å²) in [5, 5.41) is 9.09. The van der Waals surface area contributed by atoms with Gasteiger partial charge < -0.3 is 9.84 Å². The van der Waals surface area contributed by atoms with E-state index < -0.39 is 41.1 Å². The van der Waals surface area contributed by atoms with Gasteiger partial charge in [0.2, 0.25) is 11.9 Å². The Bertz CT molecular complexity index is 1720. The number of aromatic nitrogens is 2. The van der Waals surface area contributed by atoms with Gasteiger partial charge in [0.25, 0.3) is 0 Å². The van der Waals surface area contributed by atoms with Gasteiger partial charge in [-0.1, -0.05) is 27.7 Å². The number of carbonyl (C=O) groups excluding carboxylic acids is 1. The average Bonchev–Trinajstić information content (AvgIpc) is 2.93. The van der Waals surface area contributed by atoms with Crippen LogP contribution in [-0.4, -0.2) is 32.6 Å². The van der Waals surface area contributed by atoms with E-state index in [1.54, 1.807) is 26.8 Å². The lowest BCUT2D eigenvalue weighted by atomic mass is 9.88. The Morgan fingerprint density at radius 3 is 1.48 bits per heavy atom. The molecular weight excluding hydrogens is 600 g/mol.